The highest BCUT2D eigenvalue weighted by Gasteiger charge is 2.33. The van der Waals surface area contributed by atoms with E-state index >= 15 is 0 Å². The van der Waals surface area contributed by atoms with Gasteiger partial charge in [-0.05, 0) is 80.4 Å². The van der Waals surface area contributed by atoms with E-state index in [1.54, 1.807) is 7.11 Å². The van der Waals surface area contributed by atoms with Gasteiger partial charge in [-0.1, -0.05) is 30.1 Å². The normalized spacial score (nSPS) is 32.0. The number of hydrogen-bond acceptors (Lipinski definition) is 4. The maximum atomic E-state index is 10.3. The van der Waals surface area contributed by atoms with Crippen LogP contribution >= 0.6 is 0 Å². The van der Waals surface area contributed by atoms with Gasteiger partial charge >= 0.3 is 0 Å². The highest BCUT2D eigenvalue weighted by atomic mass is 16.5. The van der Waals surface area contributed by atoms with Crippen molar-refractivity contribution in [2.24, 2.45) is 11.8 Å². The zero-order valence-electron chi connectivity index (χ0n) is 18.6. The smallest absolute Gasteiger partial charge is 0.102 e. The fraction of sp³-hybridized carbons (Fsp3) is 0.556. The summed E-state index contributed by atoms with van der Waals surface area (Å²) in [4.78, 5) is 4.81. The number of hydrogen-bond donors (Lipinski definition) is 1. The molecule has 5 aliphatic rings. The Morgan fingerprint density at radius 2 is 2.00 bits per heavy atom. The van der Waals surface area contributed by atoms with Crippen LogP contribution in [0, 0.1) is 23.7 Å². The molecule has 3 unspecified atom stereocenters. The molecule has 0 amide bonds. The average molecular weight is 419 g/mol. The van der Waals surface area contributed by atoms with Crippen LogP contribution in [0.3, 0.4) is 0 Å². The standard InChI is InChI=1S/C27H34N2O2/c1-31-27-19-29(18-26(27)30)25-10-9-21(24(16-25)15-20-5-3-2-4-6-20)7-8-23-17-28-13-11-22(23)12-14-28/h3,5-6,9-10,16,22-23,26-27,30H,2,4,11-15,17-19H2,1H3. The van der Waals surface area contributed by atoms with Crippen molar-refractivity contribution in [3.05, 3.63) is 53.1 Å². The average Bonchev–Trinajstić information content (AvgIpc) is 3.20. The van der Waals surface area contributed by atoms with Gasteiger partial charge in [0.2, 0.25) is 0 Å². The number of piperidine rings is 3. The van der Waals surface area contributed by atoms with Crippen LogP contribution in [-0.2, 0) is 11.2 Å². The monoisotopic (exact) mass is 418 g/mol. The molecule has 4 nitrogen and oxygen atoms in total. The van der Waals surface area contributed by atoms with Crippen LogP contribution in [0.1, 0.15) is 36.8 Å². The van der Waals surface area contributed by atoms with Gasteiger partial charge in [0, 0.05) is 43.9 Å². The molecule has 4 fully saturated rings. The van der Waals surface area contributed by atoms with Crippen LogP contribution in [0.5, 0.6) is 0 Å². The first-order chi connectivity index (χ1) is 15.2. The number of benzene rings is 1. The molecule has 0 radical (unpaired) electrons. The van der Waals surface area contributed by atoms with Crippen LogP contribution in [0.25, 0.3) is 0 Å². The highest BCUT2D eigenvalue weighted by molar-refractivity contribution is 5.57. The highest BCUT2D eigenvalue weighted by Crippen LogP contribution is 2.32. The molecule has 4 saturated heterocycles. The van der Waals surface area contributed by atoms with Crippen molar-refractivity contribution in [3.8, 4) is 11.8 Å². The molecule has 4 heterocycles. The van der Waals surface area contributed by atoms with Crippen molar-refractivity contribution in [2.75, 3.05) is 44.7 Å². The lowest BCUT2D eigenvalue weighted by molar-refractivity contribution is 0.0217. The predicted molar refractivity (Wildman–Crippen MR) is 125 cm³/mol. The van der Waals surface area contributed by atoms with E-state index in [2.05, 4.69) is 58.1 Å². The second kappa shape index (κ2) is 9.20. The van der Waals surface area contributed by atoms with Crippen LogP contribution in [0.4, 0.5) is 5.69 Å². The van der Waals surface area contributed by atoms with Gasteiger partial charge in [-0.2, -0.15) is 0 Å². The number of ether oxygens (including phenoxy) is 1. The summed E-state index contributed by atoms with van der Waals surface area (Å²) in [7, 11) is 1.68. The number of rotatable bonds is 4. The van der Waals surface area contributed by atoms with Crippen molar-refractivity contribution < 1.29 is 9.84 Å². The molecule has 1 aromatic carbocycles. The fourth-order valence-corrected chi connectivity index (χ4v) is 5.56. The van der Waals surface area contributed by atoms with E-state index in [4.69, 9.17) is 4.74 Å². The van der Waals surface area contributed by atoms with Crippen LogP contribution < -0.4 is 4.90 Å². The first-order valence-electron chi connectivity index (χ1n) is 11.9. The first kappa shape index (κ1) is 20.8. The number of aliphatic hydroxyl groups excluding tert-OH is 1. The molecule has 0 saturated carbocycles. The molecular formula is C27H34N2O2. The largest absolute Gasteiger partial charge is 0.388 e. The van der Waals surface area contributed by atoms with Crippen LogP contribution in [-0.4, -0.2) is 62.0 Å². The molecule has 1 N–H and O–H groups in total. The molecular weight excluding hydrogens is 384 g/mol. The molecule has 1 aliphatic carbocycles. The summed E-state index contributed by atoms with van der Waals surface area (Å²) in [6, 6.07) is 6.65. The molecule has 1 aromatic rings. The lowest BCUT2D eigenvalue weighted by Crippen LogP contribution is -2.46. The van der Waals surface area contributed by atoms with E-state index < -0.39 is 6.10 Å². The SMILES string of the molecule is COC1CN(c2ccc(C#CC3CN4CCC3CC4)c(CC3=CCCC=C3)c2)CC1O. The molecule has 2 bridgehead atoms. The molecule has 4 heteroatoms. The summed E-state index contributed by atoms with van der Waals surface area (Å²) in [6.45, 7) is 5.00. The molecule has 0 spiro atoms. The first-order valence-corrected chi connectivity index (χ1v) is 11.9. The summed E-state index contributed by atoms with van der Waals surface area (Å²) in [5.74, 6) is 8.53. The number of nitrogens with zero attached hydrogens (tertiary/aromatic N) is 2. The number of aliphatic hydroxyl groups is 1. The zero-order chi connectivity index (χ0) is 21.2. The van der Waals surface area contributed by atoms with Gasteiger partial charge < -0.3 is 19.6 Å². The Labute approximate surface area is 186 Å². The van der Waals surface area contributed by atoms with E-state index in [0.29, 0.717) is 12.5 Å². The Kier molecular flexibility index (Phi) is 6.18. The number of anilines is 1. The molecule has 31 heavy (non-hydrogen) atoms. The summed E-state index contributed by atoms with van der Waals surface area (Å²) in [5.41, 5.74) is 4.98. The lowest BCUT2D eigenvalue weighted by Gasteiger charge is -2.42. The maximum absolute atomic E-state index is 10.3. The van der Waals surface area contributed by atoms with Gasteiger partial charge in [-0.15, -0.1) is 0 Å². The third-order valence-electron chi connectivity index (χ3n) is 7.51. The third kappa shape index (κ3) is 4.60. The van der Waals surface area contributed by atoms with Crippen molar-refractivity contribution in [1.82, 2.24) is 4.90 Å². The predicted octanol–water partition coefficient (Wildman–Crippen LogP) is 3.39. The topological polar surface area (TPSA) is 35.9 Å². The van der Waals surface area contributed by atoms with Gasteiger partial charge in [0.1, 0.15) is 6.10 Å². The molecule has 164 valence electrons. The second-order valence-corrected chi connectivity index (χ2v) is 9.54. The Balaban J connectivity index is 1.41. The molecule has 4 aliphatic heterocycles. The minimum Gasteiger partial charge on any atom is -0.388 e. The number of methoxy groups -OCH3 is 1. The van der Waals surface area contributed by atoms with Gasteiger partial charge in [0.05, 0.1) is 6.10 Å². The minimum absolute atomic E-state index is 0.122. The number of β-amino-alcohol motifs (C(OH)–C–C–N with tert-alkyl or cyclic N) is 1. The van der Waals surface area contributed by atoms with Gasteiger partial charge in [0.15, 0.2) is 0 Å². The lowest BCUT2D eigenvalue weighted by atomic mass is 9.79. The van der Waals surface area contributed by atoms with Crippen molar-refractivity contribution >= 4 is 5.69 Å². The number of allylic oxidation sites excluding steroid dienone is 4. The van der Waals surface area contributed by atoms with Crippen molar-refractivity contribution in [2.45, 2.75) is 44.3 Å². The summed E-state index contributed by atoms with van der Waals surface area (Å²) in [6.07, 6.45) is 12.1. The van der Waals surface area contributed by atoms with Crippen LogP contribution in [0.2, 0.25) is 0 Å². The quantitative estimate of drug-likeness (QED) is 0.761. The van der Waals surface area contributed by atoms with E-state index in [1.807, 2.05) is 0 Å². The van der Waals surface area contributed by atoms with E-state index in [9.17, 15) is 5.11 Å². The van der Waals surface area contributed by atoms with Gasteiger partial charge in [-0.25, -0.2) is 0 Å². The van der Waals surface area contributed by atoms with Crippen molar-refractivity contribution in [3.63, 3.8) is 0 Å². The van der Waals surface area contributed by atoms with E-state index in [1.165, 1.54) is 37.1 Å². The van der Waals surface area contributed by atoms with Gasteiger partial charge in [0.25, 0.3) is 0 Å². The Hall–Kier alpha value is -2.06. The summed E-state index contributed by atoms with van der Waals surface area (Å²) in [5, 5.41) is 10.3. The second-order valence-electron chi connectivity index (χ2n) is 9.54. The Morgan fingerprint density at radius 1 is 1.13 bits per heavy atom. The Bertz CT molecular complexity index is 917. The van der Waals surface area contributed by atoms with E-state index in [-0.39, 0.29) is 6.10 Å². The summed E-state index contributed by atoms with van der Waals surface area (Å²) < 4.78 is 5.44. The Morgan fingerprint density at radius 3 is 2.68 bits per heavy atom. The van der Waals surface area contributed by atoms with Crippen molar-refractivity contribution in [1.29, 1.82) is 0 Å². The van der Waals surface area contributed by atoms with Crippen LogP contribution in [0.15, 0.2) is 42.0 Å². The maximum Gasteiger partial charge on any atom is 0.102 e. The molecule has 6 rings (SSSR count). The molecule has 3 atom stereocenters. The third-order valence-corrected chi connectivity index (χ3v) is 7.51. The molecule has 0 aromatic heterocycles. The van der Waals surface area contributed by atoms with E-state index in [0.717, 1.165) is 49.5 Å². The summed E-state index contributed by atoms with van der Waals surface area (Å²) >= 11 is 0. The zero-order valence-corrected chi connectivity index (χ0v) is 18.6. The fourth-order valence-electron chi connectivity index (χ4n) is 5.56. The number of fused-ring (bicyclic) bond motifs is 3. The minimum atomic E-state index is -0.436. The van der Waals surface area contributed by atoms with Gasteiger partial charge in [-0.3, -0.25) is 0 Å².